The van der Waals surface area contributed by atoms with Crippen molar-refractivity contribution in [2.24, 2.45) is 0 Å². The highest BCUT2D eigenvalue weighted by molar-refractivity contribution is 5.92. The van der Waals surface area contributed by atoms with Crippen LogP contribution in [0.3, 0.4) is 0 Å². The van der Waals surface area contributed by atoms with Gasteiger partial charge in [-0.1, -0.05) is 6.07 Å². The van der Waals surface area contributed by atoms with Gasteiger partial charge < -0.3 is 10.2 Å². The zero-order valence-electron chi connectivity index (χ0n) is 14.0. The second-order valence-corrected chi connectivity index (χ2v) is 6.11. The first-order chi connectivity index (χ1) is 12.0. The first kappa shape index (κ1) is 17.3. The average Bonchev–Trinajstić information content (AvgIpc) is 2.59. The zero-order valence-corrected chi connectivity index (χ0v) is 14.0. The summed E-state index contributed by atoms with van der Waals surface area (Å²) in [6, 6.07) is 7.83. The van der Waals surface area contributed by atoms with Crippen molar-refractivity contribution in [2.45, 2.75) is 6.92 Å². The molecule has 2 aromatic rings. The molecule has 132 valence electrons. The molecule has 2 heterocycles. The lowest BCUT2D eigenvalue weighted by Crippen LogP contribution is -2.48. The number of benzene rings is 1. The first-order valence-electron chi connectivity index (χ1n) is 8.16. The summed E-state index contributed by atoms with van der Waals surface area (Å²) in [6.07, 6.45) is 1.45. The van der Waals surface area contributed by atoms with Gasteiger partial charge in [0, 0.05) is 49.8 Å². The number of aromatic nitrogens is 1. The predicted octanol–water partition coefficient (Wildman–Crippen LogP) is 2.43. The van der Waals surface area contributed by atoms with Gasteiger partial charge in [-0.15, -0.1) is 0 Å². The maximum Gasteiger partial charge on any atom is 0.238 e. The molecule has 1 N–H and O–H groups in total. The minimum atomic E-state index is -0.496. The Hall–Kier alpha value is -2.54. The maximum atomic E-state index is 13.5. The van der Waals surface area contributed by atoms with Crippen molar-refractivity contribution in [1.29, 1.82) is 0 Å². The lowest BCUT2D eigenvalue weighted by atomic mass is 10.2. The predicted molar refractivity (Wildman–Crippen MR) is 92.6 cm³/mol. The summed E-state index contributed by atoms with van der Waals surface area (Å²) < 4.78 is 26.7. The van der Waals surface area contributed by atoms with E-state index in [0.29, 0.717) is 37.4 Å². The number of rotatable bonds is 4. The number of aryl methyl sites for hydroxylation is 1. The Morgan fingerprint density at radius 2 is 1.92 bits per heavy atom. The Morgan fingerprint density at radius 1 is 1.16 bits per heavy atom. The fraction of sp³-hybridized carbons (Fsp3) is 0.333. The first-order valence-corrected chi connectivity index (χ1v) is 8.16. The highest BCUT2D eigenvalue weighted by Crippen LogP contribution is 2.17. The van der Waals surface area contributed by atoms with Gasteiger partial charge in [0.15, 0.2) is 0 Å². The van der Waals surface area contributed by atoms with Crippen LogP contribution in [0.15, 0.2) is 36.5 Å². The molecule has 1 aromatic heterocycles. The average molecular weight is 346 g/mol. The van der Waals surface area contributed by atoms with Crippen LogP contribution in [0.4, 0.5) is 20.2 Å². The van der Waals surface area contributed by atoms with E-state index in [9.17, 15) is 13.6 Å². The summed E-state index contributed by atoms with van der Waals surface area (Å²) in [7, 11) is 0. The van der Waals surface area contributed by atoms with Gasteiger partial charge in [0.1, 0.15) is 5.82 Å². The molecule has 25 heavy (non-hydrogen) atoms. The molecule has 1 fully saturated rings. The molecule has 0 unspecified atom stereocenters. The largest absolute Gasteiger partial charge is 0.369 e. The van der Waals surface area contributed by atoms with Crippen LogP contribution in [0.5, 0.6) is 0 Å². The van der Waals surface area contributed by atoms with Crippen LogP contribution in [0.25, 0.3) is 0 Å². The monoisotopic (exact) mass is 346 g/mol. The number of hydrogen-bond donors (Lipinski definition) is 1. The molecule has 0 radical (unpaired) electrons. The van der Waals surface area contributed by atoms with Gasteiger partial charge in [0.2, 0.25) is 11.9 Å². The minimum Gasteiger partial charge on any atom is -0.369 e. The highest BCUT2D eigenvalue weighted by Gasteiger charge is 2.19. The summed E-state index contributed by atoms with van der Waals surface area (Å²) in [4.78, 5) is 19.8. The maximum absolute atomic E-state index is 13.5. The molecule has 0 saturated carbocycles. The lowest BCUT2D eigenvalue weighted by molar-refractivity contribution is -0.117. The molecule has 1 aliphatic heterocycles. The van der Waals surface area contributed by atoms with Crippen molar-refractivity contribution in [3.8, 4) is 0 Å². The van der Waals surface area contributed by atoms with E-state index >= 15 is 0 Å². The number of nitrogens with one attached hydrogen (secondary N) is 1. The molecule has 0 bridgehead atoms. The summed E-state index contributed by atoms with van der Waals surface area (Å²) in [5.74, 6) is -1.01. The van der Waals surface area contributed by atoms with E-state index in [1.807, 2.05) is 4.90 Å². The van der Waals surface area contributed by atoms with Crippen molar-refractivity contribution in [3.63, 3.8) is 0 Å². The van der Waals surface area contributed by atoms with Crippen LogP contribution in [0.1, 0.15) is 5.56 Å². The van der Waals surface area contributed by atoms with Crippen molar-refractivity contribution < 1.29 is 13.6 Å². The third kappa shape index (κ3) is 4.51. The zero-order chi connectivity index (χ0) is 17.8. The molecular formula is C18H20F2N4O. The third-order valence-corrected chi connectivity index (χ3v) is 4.27. The fourth-order valence-corrected chi connectivity index (χ4v) is 2.83. The van der Waals surface area contributed by atoms with E-state index in [2.05, 4.69) is 15.2 Å². The molecule has 7 heteroatoms. The summed E-state index contributed by atoms with van der Waals surface area (Å²) >= 11 is 0. The summed E-state index contributed by atoms with van der Waals surface area (Å²) in [5.41, 5.74) is 1.80. The molecule has 1 amide bonds. The standard InChI is InChI=1S/C18H20F2N4O/c1-13-2-3-14(10-16(13)19)22-18(25)12-23-6-8-24(9-7-23)15-4-5-21-17(20)11-15/h2-5,10-11H,6-9,12H2,1H3,(H,22,25). The number of amides is 1. The summed E-state index contributed by atoms with van der Waals surface area (Å²) in [5, 5.41) is 2.72. The fourth-order valence-electron chi connectivity index (χ4n) is 2.83. The van der Waals surface area contributed by atoms with Crippen LogP contribution in [0, 0.1) is 18.7 Å². The van der Waals surface area contributed by atoms with E-state index in [-0.39, 0.29) is 18.3 Å². The topological polar surface area (TPSA) is 48.5 Å². The Balaban J connectivity index is 1.50. The van der Waals surface area contributed by atoms with Gasteiger partial charge in [0.05, 0.1) is 6.54 Å². The molecule has 0 spiro atoms. The van der Waals surface area contributed by atoms with Gasteiger partial charge >= 0.3 is 0 Å². The number of piperazine rings is 1. The van der Waals surface area contributed by atoms with Crippen LogP contribution in [-0.4, -0.2) is 48.5 Å². The number of pyridine rings is 1. The van der Waals surface area contributed by atoms with E-state index < -0.39 is 5.95 Å². The van der Waals surface area contributed by atoms with Gasteiger partial charge in [0.25, 0.3) is 0 Å². The number of nitrogens with zero attached hydrogens (tertiary/aromatic N) is 3. The van der Waals surface area contributed by atoms with Gasteiger partial charge in [-0.2, -0.15) is 4.39 Å². The highest BCUT2D eigenvalue weighted by atomic mass is 19.1. The second-order valence-electron chi connectivity index (χ2n) is 6.11. The molecule has 5 nitrogen and oxygen atoms in total. The molecule has 0 aliphatic carbocycles. The number of hydrogen-bond acceptors (Lipinski definition) is 4. The number of carbonyl (C=O) groups is 1. The molecule has 1 aliphatic rings. The normalized spacial score (nSPS) is 15.2. The third-order valence-electron chi connectivity index (χ3n) is 4.27. The molecule has 1 saturated heterocycles. The van der Waals surface area contributed by atoms with Gasteiger partial charge in [-0.25, -0.2) is 9.37 Å². The Bertz CT molecular complexity index is 760. The second kappa shape index (κ2) is 7.57. The molecule has 1 aromatic carbocycles. The lowest BCUT2D eigenvalue weighted by Gasteiger charge is -2.35. The van der Waals surface area contributed by atoms with Gasteiger partial charge in [-0.3, -0.25) is 9.69 Å². The van der Waals surface area contributed by atoms with Crippen molar-refractivity contribution in [1.82, 2.24) is 9.88 Å². The van der Waals surface area contributed by atoms with Crippen LogP contribution in [0.2, 0.25) is 0 Å². The Labute approximate surface area is 145 Å². The van der Waals surface area contributed by atoms with Crippen LogP contribution < -0.4 is 10.2 Å². The number of anilines is 2. The minimum absolute atomic E-state index is 0.174. The summed E-state index contributed by atoms with van der Waals surface area (Å²) in [6.45, 7) is 4.72. The van der Waals surface area contributed by atoms with E-state index in [1.165, 1.54) is 18.3 Å². The Kier molecular flexibility index (Phi) is 5.23. The van der Waals surface area contributed by atoms with Crippen LogP contribution in [-0.2, 0) is 4.79 Å². The van der Waals surface area contributed by atoms with E-state index in [0.717, 1.165) is 5.69 Å². The van der Waals surface area contributed by atoms with Crippen molar-refractivity contribution in [3.05, 3.63) is 53.9 Å². The molecule has 0 atom stereocenters. The van der Waals surface area contributed by atoms with E-state index in [1.54, 1.807) is 25.1 Å². The quantitative estimate of drug-likeness (QED) is 0.864. The van der Waals surface area contributed by atoms with Crippen molar-refractivity contribution in [2.75, 3.05) is 42.9 Å². The van der Waals surface area contributed by atoms with Crippen LogP contribution >= 0.6 is 0 Å². The van der Waals surface area contributed by atoms with Crippen molar-refractivity contribution >= 4 is 17.3 Å². The van der Waals surface area contributed by atoms with E-state index in [4.69, 9.17) is 0 Å². The molecule has 3 rings (SSSR count). The number of halogens is 2. The Morgan fingerprint density at radius 3 is 2.60 bits per heavy atom. The molecular weight excluding hydrogens is 326 g/mol. The smallest absolute Gasteiger partial charge is 0.238 e. The van der Waals surface area contributed by atoms with Gasteiger partial charge in [-0.05, 0) is 30.7 Å². The number of carbonyl (C=O) groups excluding carboxylic acids is 1. The SMILES string of the molecule is Cc1ccc(NC(=O)CN2CCN(c3ccnc(F)c3)CC2)cc1F.